The highest BCUT2D eigenvalue weighted by atomic mass is 16.5. The molecule has 2 aromatic rings. The van der Waals surface area contributed by atoms with Crippen LogP contribution >= 0.6 is 0 Å². The van der Waals surface area contributed by atoms with Crippen LogP contribution in [-0.4, -0.2) is 44.4 Å². The van der Waals surface area contributed by atoms with Gasteiger partial charge in [-0.25, -0.2) is 0 Å². The molecule has 4 rings (SSSR count). The average Bonchev–Trinajstić information content (AvgIpc) is 2.84. The topological polar surface area (TPSA) is 30.9 Å². The number of rotatable bonds is 7. The van der Waals surface area contributed by atoms with E-state index in [-0.39, 0.29) is 0 Å². The standard InChI is InChI=1S/C30H41NO3/c1-6-23(4)31-13-7-10-24(19-31)20-34-29-18-26(25-11-12-28(32-5)22(3)16-25)17-27-15-21(2)9-8-14-33-30(27)29/h11-12,16-18,23-24H,2,6-10,13-15,19-20H2,1,3-5H3. The number of hydrogen-bond donors (Lipinski definition) is 0. The first-order chi connectivity index (χ1) is 16.5. The predicted octanol–water partition coefficient (Wildman–Crippen LogP) is 6.83. The molecule has 0 bridgehead atoms. The highest BCUT2D eigenvalue weighted by molar-refractivity contribution is 5.71. The summed E-state index contributed by atoms with van der Waals surface area (Å²) < 4.78 is 18.3. The Kier molecular flexibility index (Phi) is 8.20. The summed E-state index contributed by atoms with van der Waals surface area (Å²) in [7, 11) is 1.72. The number of nitrogens with zero attached hydrogens (tertiary/aromatic N) is 1. The molecule has 0 radical (unpaired) electrons. The Hall–Kier alpha value is -2.46. The van der Waals surface area contributed by atoms with Crippen molar-refractivity contribution in [2.24, 2.45) is 5.92 Å². The Bertz CT molecular complexity index is 999. The van der Waals surface area contributed by atoms with E-state index >= 15 is 0 Å². The first kappa shape index (κ1) is 24.7. The van der Waals surface area contributed by atoms with E-state index in [1.807, 2.05) is 6.07 Å². The number of fused-ring (bicyclic) bond motifs is 1. The summed E-state index contributed by atoms with van der Waals surface area (Å²) in [6.45, 7) is 14.8. The molecule has 2 atom stereocenters. The number of benzene rings is 2. The minimum Gasteiger partial charge on any atom is -0.496 e. The molecule has 2 aliphatic rings. The molecular weight excluding hydrogens is 422 g/mol. The van der Waals surface area contributed by atoms with Crippen LogP contribution in [-0.2, 0) is 6.42 Å². The van der Waals surface area contributed by atoms with Crippen LogP contribution in [0.25, 0.3) is 11.1 Å². The van der Waals surface area contributed by atoms with Crippen LogP contribution in [0.1, 0.15) is 57.1 Å². The average molecular weight is 464 g/mol. The van der Waals surface area contributed by atoms with Gasteiger partial charge >= 0.3 is 0 Å². The molecule has 2 aromatic carbocycles. The van der Waals surface area contributed by atoms with E-state index in [2.05, 4.69) is 56.5 Å². The molecule has 34 heavy (non-hydrogen) atoms. The van der Waals surface area contributed by atoms with Crippen LogP contribution in [0.15, 0.2) is 42.5 Å². The van der Waals surface area contributed by atoms with Crippen LogP contribution < -0.4 is 14.2 Å². The zero-order valence-corrected chi connectivity index (χ0v) is 21.5. The van der Waals surface area contributed by atoms with Crippen molar-refractivity contribution < 1.29 is 14.2 Å². The molecule has 0 aromatic heterocycles. The number of ether oxygens (including phenoxy) is 3. The SMILES string of the molecule is C=C1CCCOc2c(cc(-c3ccc(OC)c(C)c3)cc2OCC2CCCN(C(C)CC)C2)C1. The van der Waals surface area contributed by atoms with Crippen molar-refractivity contribution in [2.75, 3.05) is 33.4 Å². The Morgan fingerprint density at radius 1 is 1.15 bits per heavy atom. The number of allylic oxidation sites excluding steroid dienone is 1. The molecule has 184 valence electrons. The summed E-state index contributed by atoms with van der Waals surface area (Å²) in [4.78, 5) is 2.62. The van der Waals surface area contributed by atoms with Gasteiger partial charge in [-0.05, 0) is 99.9 Å². The third-order valence-corrected chi connectivity index (χ3v) is 7.46. The Morgan fingerprint density at radius 3 is 2.76 bits per heavy atom. The zero-order chi connectivity index (χ0) is 24.1. The van der Waals surface area contributed by atoms with Gasteiger partial charge in [-0.3, -0.25) is 0 Å². The van der Waals surface area contributed by atoms with Crippen molar-refractivity contribution in [1.82, 2.24) is 4.90 Å². The largest absolute Gasteiger partial charge is 0.496 e. The van der Waals surface area contributed by atoms with Crippen molar-refractivity contribution in [2.45, 2.75) is 65.3 Å². The summed E-state index contributed by atoms with van der Waals surface area (Å²) in [5.74, 6) is 3.24. The first-order valence-corrected chi connectivity index (χ1v) is 13.0. The lowest BCUT2D eigenvalue weighted by molar-refractivity contribution is 0.0977. The van der Waals surface area contributed by atoms with E-state index < -0.39 is 0 Å². The Morgan fingerprint density at radius 2 is 2.00 bits per heavy atom. The molecule has 0 N–H and O–H groups in total. The van der Waals surface area contributed by atoms with E-state index in [1.54, 1.807) is 7.11 Å². The second-order valence-corrected chi connectivity index (χ2v) is 10.1. The second kappa shape index (κ2) is 11.3. The number of methoxy groups -OCH3 is 1. The lowest BCUT2D eigenvalue weighted by Crippen LogP contribution is -2.42. The molecule has 1 saturated heterocycles. The lowest BCUT2D eigenvalue weighted by atomic mass is 9.94. The van der Waals surface area contributed by atoms with Crippen molar-refractivity contribution >= 4 is 0 Å². The molecule has 2 unspecified atom stereocenters. The van der Waals surface area contributed by atoms with Crippen LogP contribution in [0.2, 0.25) is 0 Å². The maximum absolute atomic E-state index is 6.57. The molecular formula is C30H41NO3. The lowest BCUT2D eigenvalue weighted by Gasteiger charge is -2.36. The van der Waals surface area contributed by atoms with Gasteiger partial charge in [-0.2, -0.15) is 0 Å². The van der Waals surface area contributed by atoms with E-state index in [4.69, 9.17) is 14.2 Å². The quantitative estimate of drug-likeness (QED) is 0.421. The van der Waals surface area contributed by atoms with Crippen molar-refractivity contribution in [3.63, 3.8) is 0 Å². The van der Waals surface area contributed by atoms with E-state index in [0.717, 1.165) is 60.8 Å². The van der Waals surface area contributed by atoms with Gasteiger partial charge in [-0.1, -0.05) is 25.1 Å². The Balaban J connectivity index is 1.62. The summed E-state index contributed by atoms with van der Waals surface area (Å²) in [6, 6.07) is 11.4. The first-order valence-electron chi connectivity index (χ1n) is 13.0. The van der Waals surface area contributed by atoms with E-state index in [9.17, 15) is 0 Å². The molecule has 2 aliphatic heterocycles. The molecule has 0 spiro atoms. The van der Waals surface area contributed by atoms with Gasteiger partial charge in [0.2, 0.25) is 0 Å². The summed E-state index contributed by atoms with van der Waals surface area (Å²) in [6.07, 6.45) is 6.52. The monoisotopic (exact) mass is 463 g/mol. The van der Waals surface area contributed by atoms with Crippen molar-refractivity contribution in [3.05, 3.63) is 53.6 Å². The molecule has 0 amide bonds. The smallest absolute Gasteiger partial charge is 0.164 e. The van der Waals surface area contributed by atoms with Crippen molar-refractivity contribution in [3.8, 4) is 28.4 Å². The molecule has 2 heterocycles. The molecule has 1 fully saturated rings. The molecule has 0 aliphatic carbocycles. The minimum absolute atomic E-state index is 0.550. The van der Waals surface area contributed by atoms with E-state index in [0.29, 0.717) is 18.6 Å². The minimum atomic E-state index is 0.550. The number of aryl methyl sites for hydroxylation is 1. The highest BCUT2D eigenvalue weighted by Gasteiger charge is 2.25. The van der Waals surface area contributed by atoms with Gasteiger partial charge in [-0.15, -0.1) is 0 Å². The second-order valence-electron chi connectivity index (χ2n) is 10.1. The summed E-state index contributed by atoms with van der Waals surface area (Å²) in [5.41, 5.74) is 5.88. The van der Waals surface area contributed by atoms with Gasteiger partial charge in [0.25, 0.3) is 0 Å². The van der Waals surface area contributed by atoms with Gasteiger partial charge in [0.1, 0.15) is 5.75 Å². The van der Waals surface area contributed by atoms with Crippen LogP contribution in [0.4, 0.5) is 0 Å². The number of hydrogen-bond acceptors (Lipinski definition) is 4. The zero-order valence-electron chi connectivity index (χ0n) is 21.5. The maximum atomic E-state index is 6.57. The van der Waals surface area contributed by atoms with Gasteiger partial charge < -0.3 is 19.1 Å². The number of likely N-dealkylation sites (tertiary alicyclic amines) is 1. The Labute approximate surface area is 205 Å². The molecule has 0 saturated carbocycles. The summed E-state index contributed by atoms with van der Waals surface area (Å²) in [5, 5.41) is 0. The molecule has 4 heteroatoms. The maximum Gasteiger partial charge on any atom is 0.164 e. The van der Waals surface area contributed by atoms with E-state index in [1.165, 1.54) is 42.5 Å². The fourth-order valence-corrected chi connectivity index (χ4v) is 5.24. The predicted molar refractivity (Wildman–Crippen MR) is 140 cm³/mol. The fraction of sp³-hybridized carbons (Fsp3) is 0.533. The van der Waals surface area contributed by atoms with Gasteiger partial charge in [0.05, 0.1) is 20.3 Å². The fourth-order valence-electron chi connectivity index (χ4n) is 5.24. The molecule has 4 nitrogen and oxygen atoms in total. The van der Waals surface area contributed by atoms with Crippen molar-refractivity contribution in [1.29, 1.82) is 0 Å². The van der Waals surface area contributed by atoms with Crippen LogP contribution in [0, 0.1) is 12.8 Å². The highest BCUT2D eigenvalue weighted by Crippen LogP contribution is 2.40. The van der Waals surface area contributed by atoms with Gasteiger partial charge in [0, 0.05) is 24.1 Å². The third kappa shape index (κ3) is 5.78. The number of piperidine rings is 1. The van der Waals surface area contributed by atoms with Crippen LogP contribution in [0.3, 0.4) is 0 Å². The van der Waals surface area contributed by atoms with Crippen LogP contribution in [0.5, 0.6) is 17.2 Å². The summed E-state index contributed by atoms with van der Waals surface area (Å²) >= 11 is 0. The normalized spacial score (nSPS) is 20.0. The third-order valence-electron chi connectivity index (χ3n) is 7.46. The van der Waals surface area contributed by atoms with Gasteiger partial charge in [0.15, 0.2) is 11.5 Å².